The largest absolute Gasteiger partial charge is 0.228 e. The quantitative estimate of drug-likeness (QED) is 0.194. The normalized spacial score (nSPS) is 11.9. The van der Waals surface area contributed by atoms with Crippen LogP contribution in [0.25, 0.3) is 98.5 Å². The first kappa shape index (κ1) is 25.2. The number of aromatic nitrogens is 2. The maximum Gasteiger partial charge on any atom is 0.160 e. The summed E-state index contributed by atoms with van der Waals surface area (Å²) in [5, 5.41) is 15.2. The van der Waals surface area contributed by atoms with Crippen LogP contribution in [0.2, 0.25) is 0 Å². The first-order valence-corrected chi connectivity index (χ1v) is 15.8. The lowest BCUT2D eigenvalue weighted by Gasteiger charge is -2.18. The topological polar surface area (TPSA) is 25.8 Å². The van der Waals surface area contributed by atoms with Gasteiger partial charge in [0.05, 0.1) is 11.4 Å². The molecule has 0 atom stereocenters. The molecule has 0 aliphatic heterocycles. The van der Waals surface area contributed by atoms with Gasteiger partial charge in [0.25, 0.3) is 0 Å². The van der Waals surface area contributed by atoms with Crippen molar-refractivity contribution in [2.45, 2.75) is 0 Å². The van der Waals surface area contributed by atoms with Gasteiger partial charge >= 0.3 is 0 Å². The van der Waals surface area contributed by atoms with E-state index in [1.165, 1.54) is 64.6 Å². The Labute approximate surface area is 265 Å². The second kappa shape index (κ2) is 9.69. The molecule has 0 N–H and O–H groups in total. The number of nitrogens with zero attached hydrogens (tertiary/aromatic N) is 2. The Kier molecular flexibility index (Phi) is 5.31. The maximum atomic E-state index is 5.26. The molecule has 0 radical (unpaired) electrons. The van der Waals surface area contributed by atoms with Crippen LogP contribution in [0.1, 0.15) is 0 Å². The fourth-order valence-corrected chi connectivity index (χ4v) is 7.57. The average molecular weight is 583 g/mol. The molecular formula is C44H26N2. The Morgan fingerprint density at radius 3 is 1.41 bits per heavy atom. The van der Waals surface area contributed by atoms with Crippen LogP contribution in [0, 0.1) is 0 Å². The minimum absolute atomic E-state index is 0.724. The minimum Gasteiger partial charge on any atom is -0.228 e. The number of hydrogen-bond acceptors (Lipinski definition) is 2. The van der Waals surface area contributed by atoms with E-state index in [0.29, 0.717) is 0 Å². The van der Waals surface area contributed by atoms with Crippen LogP contribution < -0.4 is 0 Å². The molecule has 2 nitrogen and oxygen atoms in total. The van der Waals surface area contributed by atoms with Crippen molar-refractivity contribution >= 4 is 64.6 Å². The molecular weight excluding hydrogens is 556 g/mol. The van der Waals surface area contributed by atoms with Gasteiger partial charge in [-0.3, -0.25) is 0 Å². The molecule has 9 aromatic carbocycles. The monoisotopic (exact) mass is 582 g/mol. The molecule has 46 heavy (non-hydrogen) atoms. The van der Waals surface area contributed by atoms with Crippen molar-refractivity contribution < 1.29 is 0 Å². The van der Waals surface area contributed by atoms with Gasteiger partial charge in [0.15, 0.2) is 5.82 Å². The van der Waals surface area contributed by atoms with Gasteiger partial charge in [-0.25, -0.2) is 9.97 Å². The van der Waals surface area contributed by atoms with Crippen LogP contribution in [-0.4, -0.2) is 9.97 Å². The summed E-state index contributed by atoms with van der Waals surface area (Å²) >= 11 is 0. The van der Waals surface area contributed by atoms with E-state index in [4.69, 9.17) is 9.97 Å². The van der Waals surface area contributed by atoms with Crippen molar-refractivity contribution in [3.05, 3.63) is 158 Å². The molecule has 2 heteroatoms. The lowest BCUT2D eigenvalue weighted by molar-refractivity contribution is 1.19. The first-order valence-electron chi connectivity index (χ1n) is 15.8. The van der Waals surface area contributed by atoms with Crippen molar-refractivity contribution in [3.8, 4) is 33.9 Å². The van der Waals surface area contributed by atoms with Gasteiger partial charge in [-0.05, 0) is 76.8 Å². The van der Waals surface area contributed by atoms with Crippen molar-refractivity contribution in [3.63, 3.8) is 0 Å². The van der Waals surface area contributed by atoms with E-state index < -0.39 is 0 Å². The highest BCUT2D eigenvalue weighted by atomic mass is 14.9. The third kappa shape index (κ3) is 3.65. The molecule has 1 heterocycles. The molecule has 1 aromatic heterocycles. The molecule has 10 rings (SSSR count). The van der Waals surface area contributed by atoms with E-state index in [0.717, 1.165) is 33.9 Å². The smallest absolute Gasteiger partial charge is 0.160 e. The summed E-state index contributed by atoms with van der Waals surface area (Å²) in [5.74, 6) is 0.724. The summed E-state index contributed by atoms with van der Waals surface area (Å²) in [6, 6.07) is 56.7. The molecule has 212 valence electrons. The summed E-state index contributed by atoms with van der Waals surface area (Å²) in [5.41, 5.74) is 5.01. The number of rotatable bonds is 3. The Bertz CT molecular complexity index is 2720. The Morgan fingerprint density at radius 2 is 0.783 bits per heavy atom. The molecule has 10 aromatic rings. The Morgan fingerprint density at radius 1 is 0.304 bits per heavy atom. The summed E-state index contributed by atoms with van der Waals surface area (Å²) in [7, 11) is 0. The van der Waals surface area contributed by atoms with Crippen LogP contribution in [0.15, 0.2) is 158 Å². The van der Waals surface area contributed by atoms with Gasteiger partial charge in [0.2, 0.25) is 0 Å². The molecule has 0 aliphatic carbocycles. The molecule has 0 bridgehead atoms. The average Bonchev–Trinajstić information content (AvgIpc) is 3.13. The molecule has 0 aliphatic rings. The maximum absolute atomic E-state index is 5.26. The highest BCUT2D eigenvalue weighted by Crippen LogP contribution is 2.45. The van der Waals surface area contributed by atoms with E-state index in [1.54, 1.807) is 0 Å². The molecule has 0 fully saturated rings. The Balaban J connectivity index is 1.41. The second-order valence-corrected chi connectivity index (χ2v) is 12.1. The second-order valence-electron chi connectivity index (χ2n) is 12.1. The fraction of sp³-hybridized carbons (Fsp3) is 0. The summed E-state index contributed by atoms with van der Waals surface area (Å²) in [6.07, 6.45) is 0. The Hall–Kier alpha value is -6.12. The van der Waals surface area contributed by atoms with Crippen LogP contribution in [0.4, 0.5) is 0 Å². The van der Waals surface area contributed by atoms with Gasteiger partial charge < -0.3 is 0 Å². The molecule has 0 amide bonds. The van der Waals surface area contributed by atoms with E-state index in [1.807, 2.05) is 24.3 Å². The van der Waals surface area contributed by atoms with Crippen LogP contribution in [0.3, 0.4) is 0 Å². The molecule has 0 saturated heterocycles. The van der Waals surface area contributed by atoms with Gasteiger partial charge in [-0.15, -0.1) is 0 Å². The summed E-state index contributed by atoms with van der Waals surface area (Å²) in [4.78, 5) is 10.3. The lowest BCUT2D eigenvalue weighted by atomic mass is 9.86. The van der Waals surface area contributed by atoms with Gasteiger partial charge in [0.1, 0.15) is 0 Å². The van der Waals surface area contributed by atoms with Crippen molar-refractivity contribution in [1.29, 1.82) is 0 Å². The molecule has 0 unspecified atom stereocenters. The zero-order chi connectivity index (χ0) is 30.2. The highest BCUT2D eigenvalue weighted by Gasteiger charge is 2.19. The zero-order valence-electron chi connectivity index (χ0n) is 24.9. The van der Waals surface area contributed by atoms with Crippen LogP contribution >= 0.6 is 0 Å². The van der Waals surface area contributed by atoms with E-state index in [9.17, 15) is 0 Å². The van der Waals surface area contributed by atoms with Gasteiger partial charge in [0, 0.05) is 16.7 Å². The van der Waals surface area contributed by atoms with Crippen molar-refractivity contribution in [2.75, 3.05) is 0 Å². The summed E-state index contributed by atoms with van der Waals surface area (Å²) in [6.45, 7) is 0. The van der Waals surface area contributed by atoms with Crippen molar-refractivity contribution in [2.24, 2.45) is 0 Å². The number of hydrogen-bond donors (Lipinski definition) is 0. The van der Waals surface area contributed by atoms with Crippen LogP contribution in [-0.2, 0) is 0 Å². The first-order chi connectivity index (χ1) is 22.8. The van der Waals surface area contributed by atoms with Crippen LogP contribution in [0.5, 0.6) is 0 Å². The third-order valence-corrected chi connectivity index (χ3v) is 9.57. The van der Waals surface area contributed by atoms with E-state index >= 15 is 0 Å². The summed E-state index contributed by atoms with van der Waals surface area (Å²) < 4.78 is 0. The molecule has 0 saturated carbocycles. The predicted octanol–water partition coefficient (Wildman–Crippen LogP) is 11.8. The van der Waals surface area contributed by atoms with Gasteiger partial charge in [-0.2, -0.15) is 0 Å². The van der Waals surface area contributed by atoms with E-state index in [-0.39, 0.29) is 0 Å². The fourth-order valence-electron chi connectivity index (χ4n) is 7.57. The standard InChI is InChI=1S/C44H26N2/c1-3-11-27(12-4-1)38-26-39(46-44(45-38)30-13-5-2-6-14-30)37-25-31-17-9-20-33-32-18-7-15-28-23-24-29-16-8-19-34(41(29)40(28)32)35-21-10-22-36(37)43(35)42(31)33/h1-26H. The van der Waals surface area contributed by atoms with Gasteiger partial charge in [-0.1, -0.05) is 146 Å². The van der Waals surface area contributed by atoms with E-state index in [2.05, 4.69) is 133 Å². The third-order valence-electron chi connectivity index (χ3n) is 9.57. The SMILES string of the molecule is c1ccc(-c2cc(-c3cc4cccc5c6cccc7ccc8cccc(c9cccc3c9c45)c8c76)nc(-c3ccccc3)n2)cc1. The predicted molar refractivity (Wildman–Crippen MR) is 195 cm³/mol. The highest BCUT2D eigenvalue weighted by molar-refractivity contribution is 6.37. The molecule has 0 spiro atoms. The lowest BCUT2D eigenvalue weighted by Crippen LogP contribution is -1.97. The zero-order valence-corrected chi connectivity index (χ0v) is 24.9. The minimum atomic E-state index is 0.724. The number of fused-ring (bicyclic) bond motifs is 2. The van der Waals surface area contributed by atoms with Crippen molar-refractivity contribution in [1.82, 2.24) is 9.97 Å². The number of benzene rings is 8.